The smallest absolute Gasteiger partial charge is 0.270 e. The Morgan fingerprint density at radius 1 is 1.36 bits per heavy atom. The second kappa shape index (κ2) is 4.75. The number of hydrogen-bond donors (Lipinski definition) is 0. The second-order valence-corrected chi connectivity index (χ2v) is 4.57. The SMILES string of the molecule is BrCCCO[n+]1csc2ccccc21. The van der Waals surface area contributed by atoms with Gasteiger partial charge in [-0.3, -0.25) is 4.84 Å². The Balaban J connectivity index is 2.17. The van der Waals surface area contributed by atoms with Gasteiger partial charge in [-0.15, -0.1) is 0 Å². The minimum atomic E-state index is 0.747. The Kier molecular flexibility index (Phi) is 3.37. The van der Waals surface area contributed by atoms with Crippen molar-refractivity contribution in [1.82, 2.24) is 0 Å². The van der Waals surface area contributed by atoms with Crippen LogP contribution in [-0.4, -0.2) is 11.9 Å². The van der Waals surface area contributed by atoms with E-state index < -0.39 is 0 Å². The highest BCUT2D eigenvalue weighted by Crippen LogP contribution is 2.14. The molecule has 0 radical (unpaired) electrons. The predicted octanol–water partition coefficient (Wildman–Crippen LogP) is 2.40. The number of rotatable bonds is 4. The van der Waals surface area contributed by atoms with Gasteiger partial charge in [-0.2, -0.15) is 0 Å². The molecular weight excluding hydrogens is 262 g/mol. The molecule has 0 N–H and O–H groups in total. The van der Waals surface area contributed by atoms with Gasteiger partial charge in [0.1, 0.15) is 4.70 Å². The summed E-state index contributed by atoms with van der Waals surface area (Å²) in [6.45, 7) is 0.747. The molecule has 4 heteroatoms. The number of hydrogen-bond acceptors (Lipinski definition) is 2. The van der Waals surface area contributed by atoms with E-state index in [4.69, 9.17) is 4.84 Å². The molecule has 0 aliphatic carbocycles. The molecular formula is C10H11BrNOS+. The summed E-state index contributed by atoms with van der Waals surface area (Å²) in [5.74, 6) is 0. The Labute approximate surface area is 95.2 Å². The van der Waals surface area contributed by atoms with Gasteiger partial charge in [0.25, 0.3) is 11.0 Å². The summed E-state index contributed by atoms with van der Waals surface area (Å²) >= 11 is 5.07. The molecule has 0 bridgehead atoms. The van der Waals surface area contributed by atoms with Crippen LogP contribution in [0.1, 0.15) is 6.42 Å². The lowest BCUT2D eigenvalue weighted by atomic mass is 10.3. The molecule has 0 atom stereocenters. The van der Waals surface area contributed by atoms with Crippen molar-refractivity contribution in [3.63, 3.8) is 0 Å². The summed E-state index contributed by atoms with van der Waals surface area (Å²) in [5, 5.41) is 0.982. The molecule has 0 aliphatic heterocycles. The van der Waals surface area contributed by atoms with Gasteiger partial charge in [0.15, 0.2) is 6.61 Å². The summed E-state index contributed by atoms with van der Waals surface area (Å²) in [7, 11) is 0. The summed E-state index contributed by atoms with van der Waals surface area (Å²) in [5.41, 5.74) is 3.14. The van der Waals surface area contributed by atoms with E-state index in [-0.39, 0.29) is 0 Å². The Morgan fingerprint density at radius 2 is 2.21 bits per heavy atom. The molecule has 2 aromatic rings. The van der Waals surface area contributed by atoms with Crippen molar-refractivity contribution in [2.75, 3.05) is 11.9 Å². The van der Waals surface area contributed by atoms with E-state index in [0.717, 1.165) is 23.9 Å². The van der Waals surface area contributed by atoms with Crippen molar-refractivity contribution in [2.45, 2.75) is 6.42 Å². The van der Waals surface area contributed by atoms with Crippen LogP contribution in [-0.2, 0) is 0 Å². The summed E-state index contributed by atoms with van der Waals surface area (Å²) < 4.78 is 3.11. The Hall–Kier alpha value is -0.610. The van der Waals surface area contributed by atoms with Crippen molar-refractivity contribution in [2.24, 2.45) is 0 Å². The van der Waals surface area contributed by atoms with Gasteiger partial charge in [-0.25, -0.2) is 0 Å². The van der Waals surface area contributed by atoms with Gasteiger partial charge in [0.2, 0.25) is 0 Å². The normalized spacial score (nSPS) is 10.6. The van der Waals surface area contributed by atoms with Crippen LogP contribution < -0.4 is 9.57 Å². The first kappa shape index (κ1) is 9.93. The quantitative estimate of drug-likeness (QED) is 0.473. The van der Waals surface area contributed by atoms with Crippen LogP contribution in [0.2, 0.25) is 0 Å². The average molecular weight is 273 g/mol. The fourth-order valence-electron chi connectivity index (χ4n) is 1.22. The molecule has 0 saturated carbocycles. The zero-order valence-electron chi connectivity index (χ0n) is 7.65. The summed E-state index contributed by atoms with van der Waals surface area (Å²) in [6.07, 6.45) is 1.02. The largest absolute Gasteiger partial charge is 0.278 e. The molecule has 74 valence electrons. The lowest BCUT2D eigenvalue weighted by Gasteiger charge is -1.93. The maximum absolute atomic E-state index is 5.60. The van der Waals surface area contributed by atoms with E-state index in [2.05, 4.69) is 28.1 Å². The highest BCUT2D eigenvalue weighted by Gasteiger charge is 2.11. The van der Waals surface area contributed by atoms with Crippen LogP contribution in [0, 0.1) is 0 Å². The first-order valence-electron chi connectivity index (χ1n) is 4.49. The second-order valence-electron chi connectivity index (χ2n) is 2.89. The minimum absolute atomic E-state index is 0.747. The third-order valence-corrected chi connectivity index (χ3v) is 3.34. The number of fused-ring (bicyclic) bond motifs is 1. The van der Waals surface area contributed by atoms with Crippen LogP contribution in [0.25, 0.3) is 10.2 Å². The molecule has 0 amide bonds. The molecule has 0 spiro atoms. The van der Waals surface area contributed by atoms with Crippen molar-refractivity contribution in [3.8, 4) is 0 Å². The number of aromatic nitrogens is 1. The van der Waals surface area contributed by atoms with E-state index >= 15 is 0 Å². The first-order chi connectivity index (χ1) is 6.92. The highest BCUT2D eigenvalue weighted by molar-refractivity contribution is 9.09. The number of halogens is 1. The molecule has 1 aromatic carbocycles. The summed E-state index contributed by atoms with van der Waals surface area (Å²) in [6, 6.07) is 8.24. The highest BCUT2D eigenvalue weighted by atomic mass is 79.9. The van der Waals surface area contributed by atoms with Crippen molar-refractivity contribution in [1.29, 1.82) is 0 Å². The third-order valence-electron chi connectivity index (χ3n) is 1.89. The Morgan fingerprint density at radius 3 is 3.07 bits per heavy atom. The fraction of sp³-hybridized carbons (Fsp3) is 0.300. The molecule has 2 nitrogen and oxygen atoms in total. The van der Waals surface area contributed by atoms with Crippen molar-refractivity contribution in [3.05, 3.63) is 29.8 Å². The zero-order chi connectivity index (χ0) is 9.80. The van der Waals surface area contributed by atoms with E-state index in [1.54, 1.807) is 11.3 Å². The molecule has 1 aromatic heterocycles. The van der Waals surface area contributed by atoms with Gasteiger partial charge < -0.3 is 0 Å². The molecule has 14 heavy (non-hydrogen) atoms. The van der Waals surface area contributed by atoms with Crippen molar-refractivity contribution >= 4 is 37.5 Å². The molecule has 0 saturated heterocycles. The summed E-state index contributed by atoms with van der Waals surface area (Å²) in [4.78, 5) is 5.60. The number of benzene rings is 1. The van der Waals surface area contributed by atoms with Gasteiger partial charge in [-0.1, -0.05) is 39.4 Å². The molecule has 0 aliphatic rings. The van der Waals surface area contributed by atoms with Crippen LogP contribution >= 0.6 is 27.3 Å². The standard InChI is InChI=1S/C10H11BrNOS/c11-6-3-7-13-12-8-14-10-5-2-1-4-9(10)12/h1-2,4-5,8H,3,6-7H2/q+1. The number of alkyl halides is 1. The number of para-hydroxylation sites is 1. The Bertz CT molecular complexity index is 415. The van der Waals surface area contributed by atoms with E-state index in [1.165, 1.54) is 4.70 Å². The van der Waals surface area contributed by atoms with E-state index in [1.807, 2.05) is 22.4 Å². The van der Waals surface area contributed by atoms with E-state index in [0.29, 0.717) is 0 Å². The van der Waals surface area contributed by atoms with Gasteiger partial charge >= 0.3 is 0 Å². The predicted molar refractivity (Wildman–Crippen MR) is 61.9 cm³/mol. The monoisotopic (exact) mass is 272 g/mol. The zero-order valence-corrected chi connectivity index (χ0v) is 10.1. The van der Waals surface area contributed by atoms with Crippen LogP contribution in [0.5, 0.6) is 0 Å². The topological polar surface area (TPSA) is 13.1 Å². The van der Waals surface area contributed by atoms with Gasteiger partial charge in [-0.05, 0) is 12.5 Å². The minimum Gasteiger partial charge on any atom is -0.270 e. The molecule has 1 heterocycles. The van der Waals surface area contributed by atoms with Crippen molar-refractivity contribution < 1.29 is 9.57 Å². The van der Waals surface area contributed by atoms with Crippen LogP contribution in [0.4, 0.5) is 0 Å². The average Bonchev–Trinajstić information content (AvgIpc) is 2.63. The van der Waals surface area contributed by atoms with Crippen LogP contribution in [0.3, 0.4) is 0 Å². The lowest BCUT2D eigenvalue weighted by molar-refractivity contribution is -0.868. The maximum atomic E-state index is 5.60. The number of thiazole rings is 1. The third kappa shape index (κ3) is 2.07. The lowest BCUT2D eigenvalue weighted by Crippen LogP contribution is -2.41. The maximum Gasteiger partial charge on any atom is 0.278 e. The first-order valence-corrected chi connectivity index (χ1v) is 6.49. The van der Waals surface area contributed by atoms with Gasteiger partial charge in [0.05, 0.1) is 0 Å². The molecule has 2 rings (SSSR count). The molecule has 0 fully saturated rings. The molecule has 0 unspecified atom stereocenters. The van der Waals surface area contributed by atoms with E-state index in [9.17, 15) is 0 Å². The number of nitrogens with zero attached hydrogens (tertiary/aromatic N) is 1. The van der Waals surface area contributed by atoms with Crippen LogP contribution in [0.15, 0.2) is 29.8 Å². The fourth-order valence-corrected chi connectivity index (χ4v) is 2.27. The van der Waals surface area contributed by atoms with Gasteiger partial charge in [0, 0.05) is 16.1 Å².